The minimum absolute atomic E-state index is 0.223. The van der Waals surface area contributed by atoms with Crippen LogP contribution in [0.25, 0.3) is 0 Å². The van der Waals surface area contributed by atoms with Crippen LogP contribution in [0.2, 0.25) is 0 Å². The van der Waals surface area contributed by atoms with Crippen molar-refractivity contribution in [1.82, 2.24) is 73.0 Å². The minimum Gasteiger partial charge on any atom is -0.354 e. The fraction of sp³-hybridized carbons (Fsp3) is 0.464. The number of nitrogens with zero attached hydrogens (tertiary/aromatic N) is 18. The Hall–Kier alpha value is -6.45. The van der Waals surface area contributed by atoms with Crippen LogP contribution < -0.4 is 14.7 Å². The summed E-state index contributed by atoms with van der Waals surface area (Å²) in [5, 5.41) is 31.1. The second kappa shape index (κ2) is 36.3. The van der Waals surface area contributed by atoms with Crippen LogP contribution in [0.5, 0.6) is 0 Å². The number of carbonyl (C=O) groups excluding carboxylic acids is 3. The molecule has 3 N–H and O–H groups in total. The quantitative estimate of drug-likeness (QED) is 0.0343. The van der Waals surface area contributed by atoms with E-state index >= 15 is 0 Å². The van der Waals surface area contributed by atoms with E-state index in [1.807, 2.05) is 51.1 Å². The standard InChI is InChI=1S/2C19H25BrN6O4S.C18H23BrN6O4S/c2*20-16-5-6-19(23-13-16)24-9-11-25(12-10-24)31(29,30)14-17(26(28)15-27)3-1-4-18-21-7-2-8-22-18;19-15-2-5-18(22-12-15)23-8-10-24(11-9-23)30(28,29)13-16(25(27)14-26)3-4-17-20-6-1-7-21-17/h2*2,5-8,13,15,17,28H,1,3-4,9-12,14H2;1-2,5-7,12,14,16,27H,3-4,8-11,13H2/t2*17-;/m10./s1. The Balaban J connectivity index is 0.000000196. The number of amides is 3. The molecule has 92 heavy (non-hydrogen) atoms. The van der Waals surface area contributed by atoms with E-state index in [0.29, 0.717) is 156 Å². The largest absolute Gasteiger partial charge is 0.354 e. The first kappa shape index (κ1) is 73.0. The van der Waals surface area contributed by atoms with Gasteiger partial charge in [0.1, 0.15) is 34.9 Å². The number of halogens is 3. The first-order chi connectivity index (χ1) is 44.2. The summed E-state index contributed by atoms with van der Waals surface area (Å²) in [4.78, 5) is 77.1. The Morgan fingerprint density at radius 3 is 0.902 bits per heavy atom. The smallest absolute Gasteiger partial charge is 0.233 e. The van der Waals surface area contributed by atoms with Gasteiger partial charge in [-0.25, -0.2) is 85.3 Å². The summed E-state index contributed by atoms with van der Waals surface area (Å²) in [6, 6.07) is 13.9. The van der Waals surface area contributed by atoms with Crippen molar-refractivity contribution in [3.8, 4) is 0 Å². The van der Waals surface area contributed by atoms with E-state index < -0.39 is 48.2 Å². The van der Waals surface area contributed by atoms with E-state index in [1.165, 1.54) is 12.9 Å². The zero-order valence-corrected chi connectivity index (χ0v) is 57.3. The molecule has 0 spiro atoms. The van der Waals surface area contributed by atoms with Crippen LogP contribution in [0.4, 0.5) is 17.5 Å². The molecule has 0 aliphatic carbocycles. The third-order valence-electron chi connectivity index (χ3n) is 15.1. The molecule has 9 rings (SSSR count). The summed E-state index contributed by atoms with van der Waals surface area (Å²) in [6.45, 7) is 4.95. The highest BCUT2D eigenvalue weighted by Gasteiger charge is 2.35. The maximum absolute atomic E-state index is 12.9. The van der Waals surface area contributed by atoms with Gasteiger partial charge in [-0.3, -0.25) is 30.0 Å². The molecule has 498 valence electrons. The molecule has 3 fully saturated rings. The summed E-state index contributed by atoms with van der Waals surface area (Å²) >= 11 is 10.1. The van der Waals surface area contributed by atoms with Crippen LogP contribution >= 0.6 is 47.8 Å². The predicted octanol–water partition coefficient (Wildman–Crippen LogP) is 3.58. The molecule has 36 heteroatoms. The lowest BCUT2D eigenvalue weighted by Crippen LogP contribution is -2.51. The molecule has 0 saturated carbocycles. The van der Waals surface area contributed by atoms with Gasteiger partial charge < -0.3 is 14.7 Å². The van der Waals surface area contributed by atoms with Gasteiger partial charge in [0.25, 0.3) is 0 Å². The van der Waals surface area contributed by atoms with Gasteiger partial charge in [-0.15, -0.1) is 0 Å². The molecule has 3 aliphatic rings. The van der Waals surface area contributed by atoms with E-state index in [-0.39, 0.29) is 42.9 Å². The number of sulfonamides is 3. The number of pyridine rings is 3. The van der Waals surface area contributed by atoms with E-state index in [0.717, 1.165) is 30.9 Å². The van der Waals surface area contributed by atoms with Crippen LogP contribution in [-0.2, 0) is 63.7 Å². The van der Waals surface area contributed by atoms with Gasteiger partial charge in [0.05, 0.1) is 35.4 Å². The van der Waals surface area contributed by atoms with E-state index in [4.69, 9.17) is 0 Å². The number of hydroxylamine groups is 6. The van der Waals surface area contributed by atoms with Crippen molar-refractivity contribution in [2.75, 3.05) is 110 Å². The van der Waals surface area contributed by atoms with Gasteiger partial charge in [-0.2, -0.15) is 12.9 Å². The van der Waals surface area contributed by atoms with Gasteiger partial charge in [0.2, 0.25) is 49.3 Å². The average Bonchev–Trinajstić information content (AvgIpc) is 0.960. The lowest BCUT2D eigenvalue weighted by Gasteiger charge is -2.35. The van der Waals surface area contributed by atoms with Gasteiger partial charge in [0, 0.05) is 167 Å². The van der Waals surface area contributed by atoms with Crippen LogP contribution in [0.3, 0.4) is 0 Å². The van der Waals surface area contributed by atoms with Crippen LogP contribution in [0, 0.1) is 0 Å². The third kappa shape index (κ3) is 22.9. The second-order valence-corrected chi connectivity index (χ2v) is 30.0. The fourth-order valence-electron chi connectivity index (χ4n) is 10.1. The second-order valence-electron chi connectivity index (χ2n) is 21.2. The molecule has 1 unspecified atom stereocenters. The Kier molecular flexibility index (Phi) is 28.8. The van der Waals surface area contributed by atoms with Gasteiger partial charge in [0.15, 0.2) is 0 Å². The number of piperazine rings is 3. The molecule has 6 aromatic heterocycles. The summed E-state index contributed by atoms with van der Waals surface area (Å²) in [7, 11) is -11.0. The minimum atomic E-state index is -3.68. The lowest BCUT2D eigenvalue weighted by molar-refractivity contribution is -0.159. The molecular formula is C56H73Br3N18O12S3. The van der Waals surface area contributed by atoms with Crippen molar-refractivity contribution in [1.29, 1.82) is 0 Å². The number of anilines is 3. The molecule has 0 radical (unpaired) electrons. The average molecular weight is 1530 g/mol. The topological polar surface area (TPSA) is 359 Å². The van der Waals surface area contributed by atoms with Crippen LogP contribution in [-0.4, -0.2) is 247 Å². The number of carbonyl (C=O) groups is 3. The van der Waals surface area contributed by atoms with Crippen molar-refractivity contribution in [2.45, 2.75) is 69.5 Å². The zero-order valence-electron chi connectivity index (χ0n) is 50.0. The highest BCUT2D eigenvalue weighted by molar-refractivity contribution is 9.11. The zero-order chi connectivity index (χ0) is 66.1. The number of hydrogen-bond acceptors (Lipinski definition) is 24. The van der Waals surface area contributed by atoms with Crippen molar-refractivity contribution >= 4 is 115 Å². The Bertz CT molecular complexity index is 3390. The Morgan fingerprint density at radius 1 is 0.391 bits per heavy atom. The fourth-order valence-corrected chi connectivity index (χ4v) is 16.0. The van der Waals surface area contributed by atoms with Gasteiger partial charge in [-0.1, -0.05) is 0 Å². The number of aromatic nitrogens is 9. The molecule has 3 amide bonds. The normalized spacial score (nSPS) is 16.2. The molecule has 3 aliphatic heterocycles. The van der Waals surface area contributed by atoms with Crippen molar-refractivity contribution in [2.24, 2.45) is 0 Å². The summed E-state index contributed by atoms with van der Waals surface area (Å²) in [5.41, 5.74) is 0. The molecular weight excluding hydrogens is 1450 g/mol. The SMILES string of the molecule is O=CN(O)C(CCc1ncccn1)CS(=O)(=O)N1CCN(c2ccc(Br)cn2)CC1.O=CN(O)[C@@H](CCCc1ncccn1)CS(=O)(=O)N1CCN(c2ccc(Br)cn2)CC1.O=CN(O)[C@H](CCCc1ncccn1)CS(=O)(=O)N1CCN(c2ccc(Br)cn2)CC1. The van der Waals surface area contributed by atoms with E-state index in [1.54, 1.807) is 74.0 Å². The van der Waals surface area contributed by atoms with Gasteiger partial charge in [-0.05, 0) is 134 Å². The summed E-state index contributed by atoms with van der Waals surface area (Å²) < 4.78 is 84.5. The molecule has 0 bridgehead atoms. The van der Waals surface area contributed by atoms with Crippen LogP contribution in [0.15, 0.2) is 124 Å². The summed E-state index contributed by atoms with van der Waals surface area (Å²) in [5.74, 6) is 3.13. The molecule has 3 atom stereocenters. The first-order valence-corrected chi connectivity index (χ1v) is 36.5. The summed E-state index contributed by atoms with van der Waals surface area (Å²) in [6.07, 6.45) is 18.9. The third-order valence-corrected chi connectivity index (χ3v) is 22.4. The van der Waals surface area contributed by atoms with Gasteiger partial charge >= 0.3 is 0 Å². The molecule has 3 saturated heterocycles. The van der Waals surface area contributed by atoms with E-state index in [2.05, 4.69) is 92.6 Å². The van der Waals surface area contributed by atoms with E-state index in [9.17, 15) is 55.3 Å². The van der Waals surface area contributed by atoms with Crippen molar-refractivity contribution < 1.29 is 55.3 Å². The predicted molar refractivity (Wildman–Crippen MR) is 349 cm³/mol. The monoisotopic (exact) mass is 1520 g/mol. The van der Waals surface area contributed by atoms with Crippen LogP contribution in [0.1, 0.15) is 49.6 Å². The maximum atomic E-state index is 12.9. The highest BCUT2D eigenvalue weighted by atomic mass is 79.9. The number of hydrogen-bond donors (Lipinski definition) is 3. The first-order valence-electron chi connectivity index (χ1n) is 29.2. The molecule has 30 nitrogen and oxygen atoms in total. The molecule has 0 aromatic carbocycles. The van der Waals surface area contributed by atoms with Crippen molar-refractivity contribution in [3.05, 3.63) is 141 Å². The number of aryl methyl sites for hydroxylation is 3. The number of rotatable bonds is 29. The molecule has 9 heterocycles. The lowest BCUT2D eigenvalue weighted by atomic mass is 10.1. The Morgan fingerprint density at radius 2 is 0.652 bits per heavy atom. The molecule has 6 aromatic rings. The van der Waals surface area contributed by atoms with Crippen molar-refractivity contribution in [3.63, 3.8) is 0 Å². The highest BCUT2D eigenvalue weighted by Crippen LogP contribution is 2.23. The maximum Gasteiger partial charge on any atom is 0.233 e. The Labute approximate surface area is 560 Å².